The molecule has 3 aliphatic rings. The molecule has 0 aliphatic carbocycles. The highest BCUT2D eigenvalue weighted by atomic mass is 79.9. The lowest BCUT2D eigenvalue weighted by molar-refractivity contribution is -0.121. The summed E-state index contributed by atoms with van der Waals surface area (Å²) in [6, 6.07) is 28.4. The lowest BCUT2D eigenvalue weighted by atomic mass is 9.64. The van der Waals surface area contributed by atoms with E-state index >= 15 is 0 Å². The number of carbonyl (C=O) groups is 3. The summed E-state index contributed by atoms with van der Waals surface area (Å²) < 4.78 is 0.843. The van der Waals surface area contributed by atoms with Gasteiger partial charge in [-0.2, -0.15) is 0 Å². The normalized spacial score (nSPS) is 23.9. The van der Waals surface area contributed by atoms with Crippen molar-refractivity contribution in [2.45, 2.75) is 24.4 Å². The highest BCUT2D eigenvalue weighted by molar-refractivity contribution is 9.10. The number of para-hydroxylation sites is 1. The summed E-state index contributed by atoms with van der Waals surface area (Å²) in [6.45, 7) is 2.03. The minimum absolute atomic E-state index is 0.183. The second-order valence-electron chi connectivity index (χ2n) is 10.7. The summed E-state index contributed by atoms with van der Waals surface area (Å²) in [7, 11) is 0. The molecule has 1 fully saturated rings. The van der Waals surface area contributed by atoms with Gasteiger partial charge in [0.25, 0.3) is 0 Å². The van der Waals surface area contributed by atoms with Gasteiger partial charge >= 0.3 is 0 Å². The Morgan fingerprint density at radius 2 is 1.55 bits per heavy atom. The highest BCUT2D eigenvalue weighted by Crippen LogP contribution is 2.58. The van der Waals surface area contributed by atoms with Crippen molar-refractivity contribution in [2.24, 2.45) is 5.92 Å². The van der Waals surface area contributed by atoms with Crippen LogP contribution in [0.15, 0.2) is 108 Å². The van der Waals surface area contributed by atoms with Crippen LogP contribution < -0.4 is 10.2 Å². The topological polar surface area (TPSA) is 66.5 Å². The van der Waals surface area contributed by atoms with E-state index in [1.54, 1.807) is 24.3 Å². The summed E-state index contributed by atoms with van der Waals surface area (Å²) in [6.07, 6.45) is 4.03. The number of rotatable bonds is 4. The van der Waals surface area contributed by atoms with Crippen LogP contribution in [-0.4, -0.2) is 29.6 Å². The van der Waals surface area contributed by atoms with E-state index in [2.05, 4.69) is 27.3 Å². The van der Waals surface area contributed by atoms with E-state index in [0.29, 0.717) is 16.8 Å². The van der Waals surface area contributed by atoms with Gasteiger partial charge in [0.1, 0.15) is 11.5 Å². The molecular weight excluding hydrogens is 564 g/mol. The van der Waals surface area contributed by atoms with Gasteiger partial charge in [0, 0.05) is 27.0 Å². The van der Waals surface area contributed by atoms with Gasteiger partial charge in [-0.25, -0.2) is 0 Å². The molecule has 4 atom stereocenters. The number of benzene rings is 4. The van der Waals surface area contributed by atoms with Crippen molar-refractivity contribution < 1.29 is 14.4 Å². The number of hydrogen-bond donors (Lipinski definition) is 1. The fraction of sp³-hybridized carbons (Fsp3) is 0.147. The summed E-state index contributed by atoms with van der Waals surface area (Å²) in [5, 5.41) is 3.07. The Bertz CT molecular complexity index is 1730. The summed E-state index contributed by atoms with van der Waals surface area (Å²) in [5.41, 5.74) is 3.97. The van der Waals surface area contributed by atoms with E-state index in [1.807, 2.05) is 90.7 Å². The van der Waals surface area contributed by atoms with Crippen LogP contribution >= 0.6 is 15.9 Å². The number of ketones is 2. The van der Waals surface area contributed by atoms with Crippen LogP contribution in [0.1, 0.15) is 37.4 Å². The molecule has 0 radical (unpaired) electrons. The zero-order valence-corrected chi connectivity index (χ0v) is 23.3. The van der Waals surface area contributed by atoms with Crippen LogP contribution in [0.2, 0.25) is 0 Å². The monoisotopic (exact) mass is 588 g/mol. The van der Waals surface area contributed by atoms with Gasteiger partial charge in [0.15, 0.2) is 11.6 Å². The minimum atomic E-state index is -1.31. The predicted octanol–water partition coefficient (Wildman–Crippen LogP) is 6.61. The molecule has 5 nitrogen and oxygen atoms in total. The number of carbonyl (C=O) groups excluding carboxylic acids is 3. The van der Waals surface area contributed by atoms with Crippen LogP contribution in [0.4, 0.5) is 11.4 Å². The molecular formula is C34H25BrN2O3. The number of nitrogens with one attached hydrogen (secondary N) is 1. The summed E-state index contributed by atoms with van der Waals surface area (Å²) >= 11 is 3.46. The average molecular weight is 589 g/mol. The Labute approximate surface area is 240 Å². The largest absolute Gasteiger partial charge is 0.352 e. The van der Waals surface area contributed by atoms with Crippen molar-refractivity contribution in [3.63, 3.8) is 0 Å². The summed E-state index contributed by atoms with van der Waals surface area (Å²) in [5.74, 6) is -1.66. The molecule has 4 aromatic rings. The molecule has 3 heterocycles. The third kappa shape index (κ3) is 3.42. The van der Waals surface area contributed by atoms with Crippen LogP contribution in [-0.2, 0) is 10.2 Å². The smallest absolute Gasteiger partial charge is 0.238 e. The van der Waals surface area contributed by atoms with Crippen molar-refractivity contribution in [1.82, 2.24) is 0 Å². The van der Waals surface area contributed by atoms with Crippen molar-refractivity contribution in [2.75, 3.05) is 10.2 Å². The number of anilines is 2. The van der Waals surface area contributed by atoms with E-state index in [-0.39, 0.29) is 17.5 Å². The Hall–Kier alpha value is -4.29. The predicted molar refractivity (Wildman–Crippen MR) is 160 cm³/mol. The van der Waals surface area contributed by atoms with Gasteiger partial charge in [0.05, 0.1) is 12.0 Å². The van der Waals surface area contributed by atoms with Crippen molar-refractivity contribution in [1.29, 1.82) is 0 Å². The molecule has 196 valence electrons. The van der Waals surface area contributed by atoms with Gasteiger partial charge in [-0.15, -0.1) is 0 Å². The van der Waals surface area contributed by atoms with E-state index < -0.39 is 23.4 Å². The molecule has 0 aromatic heterocycles. The number of halogens is 1. The fourth-order valence-electron chi connectivity index (χ4n) is 6.87. The lowest BCUT2D eigenvalue weighted by Crippen LogP contribution is -2.51. The Balaban J connectivity index is 1.54. The maximum atomic E-state index is 14.7. The first kappa shape index (κ1) is 24.7. The fourth-order valence-corrected chi connectivity index (χ4v) is 7.13. The van der Waals surface area contributed by atoms with E-state index in [4.69, 9.17) is 0 Å². The maximum absolute atomic E-state index is 14.7. The first-order valence-electron chi connectivity index (χ1n) is 13.3. The van der Waals surface area contributed by atoms with Gasteiger partial charge in [0.2, 0.25) is 5.91 Å². The standard InChI is InChI=1S/C34H25BrN2O3/c1-20-11-17-27-23(19-20)14-18-28-34(25-9-5-6-10-26(25)36-33(34)40)29(31(38)22-12-15-24(35)16-13-22)30(37(27)28)32(39)21-7-3-2-4-8-21/h2-19,28-30H,1H3,(H,36,40)/t28-,29+,30+,34-/m1/s1. The SMILES string of the molecule is Cc1ccc2c(c1)C=C[C@H]1N2[C@H](C(=O)c2ccccc2)[C@@H](C(=O)c2ccc(Br)cc2)[C@]12C(=O)Nc1ccccc12. The molecule has 4 aromatic carbocycles. The van der Waals surface area contributed by atoms with Gasteiger partial charge in [-0.1, -0.05) is 100 Å². The molecule has 0 saturated carbocycles. The molecule has 1 amide bonds. The number of nitrogens with zero attached hydrogens (tertiary/aromatic N) is 1. The zero-order chi connectivity index (χ0) is 27.6. The van der Waals surface area contributed by atoms with Crippen molar-refractivity contribution >= 4 is 50.9 Å². The molecule has 3 aliphatic heterocycles. The number of fused-ring (bicyclic) bond motifs is 6. The zero-order valence-electron chi connectivity index (χ0n) is 21.7. The third-order valence-corrected chi connectivity index (χ3v) is 9.05. The quantitative estimate of drug-likeness (QED) is 0.272. The molecule has 6 heteroatoms. The molecule has 1 N–H and O–H groups in total. The van der Waals surface area contributed by atoms with Crippen LogP contribution in [0.5, 0.6) is 0 Å². The highest BCUT2D eigenvalue weighted by Gasteiger charge is 2.70. The van der Waals surface area contributed by atoms with Crippen LogP contribution in [0.25, 0.3) is 6.08 Å². The Morgan fingerprint density at radius 1 is 0.850 bits per heavy atom. The molecule has 1 spiro atoms. The summed E-state index contributed by atoms with van der Waals surface area (Å²) in [4.78, 5) is 45.7. The maximum Gasteiger partial charge on any atom is 0.238 e. The van der Waals surface area contributed by atoms with Crippen LogP contribution in [0, 0.1) is 12.8 Å². The number of hydrogen-bond acceptors (Lipinski definition) is 4. The Kier molecular flexibility index (Phi) is 5.65. The van der Waals surface area contributed by atoms with Gasteiger partial charge in [-0.05, 0) is 48.4 Å². The molecule has 0 unspecified atom stereocenters. The second kappa shape index (κ2) is 9.14. The average Bonchev–Trinajstić information content (AvgIpc) is 3.45. The molecule has 7 rings (SSSR count). The number of Topliss-reactive ketones (excluding diaryl/α,β-unsaturated/α-hetero) is 2. The first-order chi connectivity index (χ1) is 19.4. The second-order valence-corrected chi connectivity index (χ2v) is 11.6. The molecule has 1 saturated heterocycles. The number of aryl methyl sites for hydroxylation is 1. The minimum Gasteiger partial charge on any atom is -0.352 e. The Morgan fingerprint density at radius 3 is 2.33 bits per heavy atom. The first-order valence-corrected chi connectivity index (χ1v) is 14.1. The molecule has 0 bridgehead atoms. The van der Waals surface area contributed by atoms with Crippen molar-refractivity contribution in [3.8, 4) is 0 Å². The van der Waals surface area contributed by atoms with Crippen molar-refractivity contribution in [3.05, 3.63) is 135 Å². The third-order valence-electron chi connectivity index (χ3n) is 8.53. The number of amides is 1. The van der Waals surface area contributed by atoms with Gasteiger partial charge in [-0.3, -0.25) is 14.4 Å². The van der Waals surface area contributed by atoms with E-state index in [1.165, 1.54) is 0 Å². The lowest BCUT2D eigenvalue weighted by Gasteiger charge is -2.37. The van der Waals surface area contributed by atoms with E-state index in [0.717, 1.165) is 26.9 Å². The molecule has 40 heavy (non-hydrogen) atoms. The van der Waals surface area contributed by atoms with E-state index in [9.17, 15) is 14.4 Å². The van der Waals surface area contributed by atoms with Crippen LogP contribution in [0.3, 0.4) is 0 Å². The van der Waals surface area contributed by atoms with Gasteiger partial charge < -0.3 is 10.2 Å².